The van der Waals surface area contributed by atoms with Crippen molar-refractivity contribution in [3.05, 3.63) is 91.0 Å². The fourth-order valence-corrected chi connectivity index (χ4v) is 3.65. The predicted molar refractivity (Wildman–Crippen MR) is 123 cm³/mol. The predicted octanol–water partition coefficient (Wildman–Crippen LogP) is 6.85. The van der Waals surface area contributed by atoms with Crippen molar-refractivity contribution in [2.45, 2.75) is 0 Å². The zero-order chi connectivity index (χ0) is 21.2. The number of hydrogen-bond donors (Lipinski definition) is 0. The van der Waals surface area contributed by atoms with Crippen LogP contribution in [0.5, 0.6) is 11.5 Å². The summed E-state index contributed by atoms with van der Waals surface area (Å²) in [4.78, 5) is 4.89. The Bertz CT molecular complexity index is 1270. The minimum Gasteiger partial charge on any atom is -0.497 e. The van der Waals surface area contributed by atoms with Crippen LogP contribution >= 0.6 is 0 Å². The van der Waals surface area contributed by atoms with E-state index in [1.807, 2.05) is 66.7 Å². The Morgan fingerprint density at radius 1 is 0.613 bits per heavy atom. The Morgan fingerprint density at radius 2 is 1.19 bits per heavy atom. The van der Waals surface area contributed by atoms with Crippen molar-refractivity contribution in [2.24, 2.45) is 0 Å². The van der Waals surface area contributed by atoms with Gasteiger partial charge in [-0.05, 0) is 71.4 Å². The van der Waals surface area contributed by atoms with Gasteiger partial charge in [-0.1, -0.05) is 30.3 Å². The average molecular weight is 407 g/mol. The van der Waals surface area contributed by atoms with Crippen molar-refractivity contribution < 1.29 is 13.9 Å². The van der Waals surface area contributed by atoms with Gasteiger partial charge in [-0.25, -0.2) is 4.98 Å². The molecule has 4 aromatic carbocycles. The smallest absolute Gasteiger partial charge is 0.227 e. The minimum absolute atomic E-state index is 0.586. The molecule has 0 radical (unpaired) electrons. The number of oxazole rings is 1. The molecule has 4 heteroatoms. The maximum Gasteiger partial charge on any atom is 0.227 e. The van der Waals surface area contributed by atoms with Gasteiger partial charge in [-0.3, -0.25) is 0 Å². The zero-order valence-electron chi connectivity index (χ0n) is 17.3. The highest BCUT2D eigenvalue weighted by Gasteiger charge is 2.18. The first-order valence-corrected chi connectivity index (χ1v) is 10.0. The van der Waals surface area contributed by atoms with E-state index in [0.717, 1.165) is 45.0 Å². The normalized spacial score (nSPS) is 10.9. The van der Waals surface area contributed by atoms with Gasteiger partial charge in [-0.2, -0.15) is 0 Å². The molecule has 0 aliphatic heterocycles. The first kappa shape index (κ1) is 18.9. The molecule has 0 fully saturated rings. The maximum absolute atomic E-state index is 6.34. The van der Waals surface area contributed by atoms with Crippen LogP contribution in [0.4, 0.5) is 0 Å². The molecule has 152 valence electrons. The molecule has 0 atom stereocenters. The second-order valence-electron chi connectivity index (χ2n) is 7.22. The summed E-state index contributed by atoms with van der Waals surface area (Å²) in [7, 11) is 3.32. The van der Waals surface area contributed by atoms with E-state index in [2.05, 4.69) is 24.3 Å². The average Bonchev–Trinajstić information content (AvgIpc) is 3.29. The highest BCUT2D eigenvalue weighted by Crippen LogP contribution is 2.37. The van der Waals surface area contributed by atoms with Crippen LogP contribution in [0.15, 0.2) is 95.4 Å². The van der Waals surface area contributed by atoms with Crippen LogP contribution in [0, 0.1) is 0 Å². The molecule has 0 unspecified atom stereocenters. The Kier molecular flexibility index (Phi) is 4.89. The van der Waals surface area contributed by atoms with Gasteiger partial charge in [0.1, 0.15) is 17.2 Å². The van der Waals surface area contributed by atoms with Crippen LogP contribution < -0.4 is 9.47 Å². The molecule has 1 aromatic heterocycles. The standard InChI is InChI=1S/C27H21NO3/c1-29-23-13-9-19(10-14-23)25-26(20-11-15-24(30-2)16-12-20)31-27(28-25)22-8-7-18-5-3-4-6-21(18)17-22/h3-17H,1-2H3. The van der Waals surface area contributed by atoms with Crippen molar-refractivity contribution in [3.8, 4) is 45.5 Å². The molecular weight excluding hydrogens is 386 g/mol. The van der Waals surface area contributed by atoms with Crippen LogP contribution in [0.25, 0.3) is 44.8 Å². The van der Waals surface area contributed by atoms with Crippen molar-refractivity contribution >= 4 is 10.8 Å². The molecule has 0 aliphatic carbocycles. The van der Waals surface area contributed by atoms with Crippen molar-refractivity contribution in [1.82, 2.24) is 4.98 Å². The Labute approximate surface area is 180 Å². The van der Waals surface area contributed by atoms with Gasteiger partial charge in [-0.15, -0.1) is 0 Å². The van der Waals surface area contributed by atoms with Gasteiger partial charge in [0.05, 0.1) is 14.2 Å². The Morgan fingerprint density at radius 3 is 1.84 bits per heavy atom. The van der Waals surface area contributed by atoms with E-state index in [1.54, 1.807) is 14.2 Å². The molecular formula is C27H21NO3. The summed E-state index contributed by atoms with van der Waals surface area (Å²) in [5, 5.41) is 2.33. The maximum atomic E-state index is 6.34. The first-order chi connectivity index (χ1) is 15.2. The van der Waals surface area contributed by atoms with Gasteiger partial charge < -0.3 is 13.9 Å². The fourth-order valence-electron chi connectivity index (χ4n) is 3.65. The summed E-state index contributed by atoms with van der Waals surface area (Å²) in [5.74, 6) is 2.90. The van der Waals surface area contributed by atoms with Crippen molar-refractivity contribution in [2.75, 3.05) is 14.2 Å². The third-order valence-corrected chi connectivity index (χ3v) is 5.34. The molecule has 1 heterocycles. The van der Waals surface area contributed by atoms with Gasteiger partial charge >= 0.3 is 0 Å². The summed E-state index contributed by atoms with van der Waals surface area (Å²) in [6, 6.07) is 30.2. The molecule has 0 saturated carbocycles. The third kappa shape index (κ3) is 3.64. The van der Waals surface area contributed by atoms with Crippen molar-refractivity contribution in [1.29, 1.82) is 0 Å². The number of nitrogens with zero attached hydrogens (tertiary/aromatic N) is 1. The molecule has 0 N–H and O–H groups in total. The largest absolute Gasteiger partial charge is 0.497 e. The number of rotatable bonds is 5. The minimum atomic E-state index is 0.586. The SMILES string of the molecule is COc1ccc(-c2nc(-c3ccc4ccccc4c3)oc2-c2ccc(OC)cc2)cc1. The van der Waals surface area contributed by atoms with Crippen molar-refractivity contribution in [3.63, 3.8) is 0 Å². The van der Waals surface area contributed by atoms with Gasteiger partial charge in [0.25, 0.3) is 0 Å². The van der Waals surface area contributed by atoms with Gasteiger partial charge in [0.2, 0.25) is 5.89 Å². The molecule has 0 bridgehead atoms. The number of fused-ring (bicyclic) bond motifs is 1. The molecule has 5 aromatic rings. The van der Waals surface area contributed by atoms with E-state index >= 15 is 0 Å². The number of ether oxygens (including phenoxy) is 2. The lowest BCUT2D eigenvalue weighted by Crippen LogP contribution is -1.86. The van der Waals surface area contributed by atoms with E-state index in [9.17, 15) is 0 Å². The quantitative estimate of drug-likeness (QED) is 0.320. The second-order valence-corrected chi connectivity index (χ2v) is 7.22. The van der Waals surface area contributed by atoms with Crippen LogP contribution in [0.2, 0.25) is 0 Å². The van der Waals surface area contributed by atoms with Gasteiger partial charge in [0, 0.05) is 16.7 Å². The van der Waals surface area contributed by atoms with E-state index in [4.69, 9.17) is 18.9 Å². The lowest BCUT2D eigenvalue weighted by molar-refractivity contribution is 0.414. The highest BCUT2D eigenvalue weighted by molar-refractivity contribution is 5.87. The molecule has 0 amide bonds. The summed E-state index contributed by atoms with van der Waals surface area (Å²) in [5.41, 5.74) is 3.62. The number of benzene rings is 4. The Balaban J connectivity index is 1.65. The summed E-state index contributed by atoms with van der Waals surface area (Å²) >= 11 is 0. The topological polar surface area (TPSA) is 44.5 Å². The van der Waals surface area contributed by atoms with E-state index < -0.39 is 0 Å². The second kappa shape index (κ2) is 8.00. The van der Waals surface area contributed by atoms with E-state index in [-0.39, 0.29) is 0 Å². The van der Waals surface area contributed by atoms with Gasteiger partial charge in [0.15, 0.2) is 5.76 Å². The number of aromatic nitrogens is 1. The monoisotopic (exact) mass is 407 g/mol. The fraction of sp³-hybridized carbons (Fsp3) is 0.0741. The summed E-state index contributed by atoms with van der Waals surface area (Å²) in [6.07, 6.45) is 0. The molecule has 0 aliphatic rings. The lowest BCUT2D eigenvalue weighted by atomic mass is 10.1. The van der Waals surface area contributed by atoms with E-state index in [1.165, 1.54) is 5.39 Å². The zero-order valence-corrected chi connectivity index (χ0v) is 17.3. The molecule has 4 nitrogen and oxygen atoms in total. The first-order valence-electron chi connectivity index (χ1n) is 10.0. The Hall–Kier alpha value is -4.05. The third-order valence-electron chi connectivity index (χ3n) is 5.34. The highest BCUT2D eigenvalue weighted by atomic mass is 16.5. The molecule has 5 rings (SSSR count). The molecule has 0 spiro atoms. The van der Waals surface area contributed by atoms with Crippen LogP contribution in [-0.2, 0) is 0 Å². The van der Waals surface area contributed by atoms with Crippen LogP contribution in [-0.4, -0.2) is 19.2 Å². The number of hydrogen-bond acceptors (Lipinski definition) is 4. The lowest BCUT2D eigenvalue weighted by Gasteiger charge is -2.04. The summed E-state index contributed by atoms with van der Waals surface area (Å²) < 4.78 is 16.9. The molecule has 31 heavy (non-hydrogen) atoms. The van der Waals surface area contributed by atoms with Crippen LogP contribution in [0.3, 0.4) is 0 Å². The van der Waals surface area contributed by atoms with E-state index in [0.29, 0.717) is 5.89 Å². The number of methoxy groups -OCH3 is 2. The van der Waals surface area contributed by atoms with Crippen LogP contribution in [0.1, 0.15) is 0 Å². The molecule has 0 saturated heterocycles. The summed E-state index contributed by atoms with van der Waals surface area (Å²) in [6.45, 7) is 0.